The fourth-order valence-corrected chi connectivity index (χ4v) is 2.10. The molecule has 1 aromatic rings. The van der Waals surface area contributed by atoms with Crippen molar-refractivity contribution in [3.8, 4) is 5.75 Å². The lowest BCUT2D eigenvalue weighted by molar-refractivity contribution is 0.156. The Morgan fingerprint density at radius 1 is 1.50 bits per heavy atom. The monoisotopic (exact) mass is 238 g/mol. The Labute approximate surface area is 101 Å². The predicted octanol–water partition coefficient (Wildman–Crippen LogP) is 3.19. The van der Waals surface area contributed by atoms with Gasteiger partial charge in [0.25, 0.3) is 0 Å². The van der Waals surface area contributed by atoms with Gasteiger partial charge >= 0.3 is 0 Å². The third-order valence-electron chi connectivity index (χ3n) is 2.84. The van der Waals surface area contributed by atoms with Gasteiger partial charge in [0, 0.05) is 5.54 Å². The van der Waals surface area contributed by atoms with Crippen LogP contribution in [-0.2, 0) is 6.42 Å². The lowest BCUT2D eigenvalue weighted by atomic mass is 9.89. The van der Waals surface area contributed by atoms with Crippen molar-refractivity contribution < 1.29 is 9.84 Å². The molecular formula is C13H15ClO2. The molecule has 1 atom stereocenters. The van der Waals surface area contributed by atoms with Crippen LogP contribution >= 0.6 is 11.6 Å². The van der Waals surface area contributed by atoms with Crippen LogP contribution in [0.5, 0.6) is 5.75 Å². The largest absolute Gasteiger partial charge is 0.489 e. The minimum atomic E-state index is -0.337. The van der Waals surface area contributed by atoms with E-state index >= 15 is 0 Å². The van der Waals surface area contributed by atoms with Gasteiger partial charge in [0.1, 0.15) is 12.4 Å². The third kappa shape index (κ3) is 2.57. The van der Waals surface area contributed by atoms with Crippen molar-refractivity contribution in [3.05, 3.63) is 40.9 Å². The molecule has 1 aliphatic carbocycles. The van der Waals surface area contributed by atoms with E-state index in [1.165, 1.54) is 11.1 Å². The van der Waals surface area contributed by atoms with Gasteiger partial charge in [0.05, 0.1) is 6.10 Å². The average Bonchev–Trinajstić information content (AvgIpc) is 2.30. The molecule has 16 heavy (non-hydrogen) atoms. The zero-order valence-electron chi connectivity index (χ0n) is 9.03. The first-order valence-corrected chi connectivity index (χ1v) is 5.94. The Hall–Kier alpha value is -0.990. The molecule has 0 saturated heterocycles. The number of rotatable bonds is 3. The molecule has 0 fully saturated rings. The number of ether oxygens (including phenoxy) is 1. The molecule has 2 rings (SSSR count). The van der Waals surface area contributed by atoms with Crippen molar-refractivity contribution in [3.63, 3.8) is 0 Å². The van der Waals surface area contributed by atoms with Gasteiger partial charge in [0.2, 0.25) is 0 Å². The fraction of sp³-hybridized carbons (Fsp3) is 0.385. The van der Waals surface area contributed by atoms with E-state index in [2.05, 4.69) is 0 Å². The number of halogens is 1. The van der Waals surface area contributed by atoms with Crippen LogP contribution in [0.3, 0.4) is 0 Å². The molecule has 3 heteroatoms. The molecule has 86 valence electrons. The molecule has 0 aliphatic heterocycles. The zero-order valence-corrected chi connectivity index (χ0v) is 9.78. The van der Waals surface area contributed by atoms with Crippen molar-refractivity contribution in [2.24, 2.45) is 0 Å². The summed E-state index contributed by atoms with van der Waals surface area (Å²) in [5.41, 5.74) is 3.69. The van der Waals surface area contributed by atoms with E-state index in [9.17, 15) is 5.11 Å². The maximum Gasteiger partial charge on any atom is 0.120 e. The molecule has 0 saturated carbocycles. The summed E-state index contributed by atoms with van der Waals surface area (Å²) in [6.45, 7) is 0.457. The summed E-state index contributed by atoms with van der Waals surface area (Å²) in [6.07, 6.45) is 4.35. The Morgan fingerprint density at radius 3 is 3.19 bits per heavy atom. The van der Waals surface area contributed by atoms with Crippen LogP contribution in [0.1, 0.15) is 30.1 Å². The van der Waals surface area contributed by atoms with Gasteiger partial charge in [-0.1, -0.05) is 17.7 Å². The van der Waals surface area contributed by atoms with E-state index in [4.69, 9.17) is 16.3 Å². The fourth-order valence-electron chi connectivity index (χ4n) is 2.02. The van der Waals surface area contributed by atoms with Gasteiger partial charge in [-0.15, -0.1) is 0 Å². The lowest BCUT2D eigenvalue weighted by Gasteiger charge is -2.21. The minimum absolute atomic E-state index is 0.337. The van der Waals surface area contributed by atoms with Crippen LogP contribution in [0.15, 0.2) is 29.8 Å². The molecule has 1 N–H and O–H groups in total. The molecule has 0 bridgehead atoms. The highest BCUT2D eigenvalue weighted by Gasteiger charge is 2.18. The summed E-state index contributed by atoms with van der Waals surface area (Å²) < 4.78 is 5.48. The molecule has 0 aromatic heterocycles. The Kier molecular flexibility index (Phi) is 3.86. The van der Waals surface area contributed by atoms with E-state index in [0.29, 0.717) is 6.61 Å². The number of aliphatic hydroxyl groups excluding tert-OH is 1. The van der Waals surface area contributed by atoms with Crippen LogP contribution in [0.25, 0.3) is 0 Å². The number of benzene rings is 1. The Balaban J connectivity index is 2.14. The maximum absolute atomic E-state index is 9.87. The SMILES string of the molecule is O[C@H]1CCCc2ccc(OC/C=C/Cl)cc21. The van der Waals surface area contributed by atoms with Crippen molar-refractivity contribution in [2.45, 2.75) is 25.4 Å². The second-order valence-corrected chi connectivity index (χ2v) is 4.19. The number of aliphatic hydroxyl groups is 1. The maximum atomic E-state index is 9.87. The Bertz CT molecular complexity index is 388. The summed E-state index contributed by atoms with van der Waals surface area (Å²) in [4.78, 5) is 0. The van der Waals surface area contributed by atoms with Gasteiger partial charge in [-0.25, -0.2) is 0 Å². The first-order valence-electron chi connectivity index (χ1n) is 5.50. The molecule has 0 spiro atoms. The third-order valence-corrected chi connectivity index (χ3v) is 3.01. The van der Waals surface area contributed by atoms with Crippen LogP contribution in [0.4, 0.5) is 0 Å². The highest BCUT2D eigenvalue weighted by atomic mass is 35.5. The van der Waals surface area contributed by atoms with Crippen molar-refractivity contribution in [1.29, 1.82) is 0 Å². The van der Waals surface area contributed by atoms with Crippen molar-refractivity contribution in [1.82, 2.24) is 0 Å². The van der Waals surface area contributed by atoms with Gasteiger partial charge in [0.15, 0.2) is 0 Å². The molecule has 0 heterocycles. The molecule has 0 amide bonds. The van der Waals surface area contributed by atoms with E-state index in [1.807, 2.05) is 18.2 Å². The van der Waals surface area contributed by atoms with Crippen LogP contribution < -0.4 is 4.74 Å². The van der Waals surface area contributed by atoms with Crippen LogP contribution in [0, 0.1) is 0 Å². The lowest BCUT2D eigenvalue weighted by Crippen LogP contribution is -2.09. The van der Waals surface area contributed by atoms with Crippen LogP contribution in [0.2, 0.25) is 0 Å². The van der Waals surface area contributed by atoms with Crippen molar-refractivity contribution >= 4 is 11.6 Å². The number of aryl methyl sites for hydroxylation is 1. The number of hydrogen-bond acceptors (Lipinski definition) is 2. The topological polar surface area (TPSA) is 29.5 Å². The van der Waals surface area contributed by atoms with E-state index in [0.717, 1.165) is 30.6 Å². The molecule has 2 nitrogen and oxygen atoms in total. The highest BCUT2D eigenvalue weighted by molar-refractivity contribution is 6.25. The van der Waals surface area contributed by atoms with Crippen LogP contribution in [-0.4, -0.2) is 11.7 Å². The summed E-state index contributed by atoms with van der Waals surface area (Å²) in [5, 5.41) is 9.87. The smallest absolute Gasteiger partial charge is 0.120 e. The first kappa shape index (κ1) is 11.5. The van der Waals surface area contributed by atoms with Gasteiger partial charge in [-0.05, 0) is 48.6 Å². The normalized spacial score (nSPS) is 19.8. The van der Waals surface area contributed by atoms with E-state index in [-0.39, 0.29) is 6.10 Å². The van der Waals surface area contributed by atoms with Gasteiger partial charge in [-0.2, -0.15) is 0 Å². The van der Waals surface area contributed by atoms with Crippen molar-refractivity contribution in [2.75, 3.05) is 6.61 Å². The summed E-state index contributed by atoms with van der Waals surface area (Å²) >= 11 is 5.41. The predicted molar refractivity (Wildman–Crippen MR) is 64.8 cm³/mol. The second-order valence-electron chi connectivity index (χ2n) is 3.94. The van der Waals surface area contributed by atoms with Gasteiger partial charge in [-0.3, -0.25) is 0 Å². The molecule has 0 unspecified atom stereocenters. The molecule has 0 radical (unpaired) electrons. The standard InChI is InChI=1S/C13H15ClO2/c14-7-2-8-16-11-6-5-10-3-1-4-13(15)12(10)9-11/h2,5-7,9,13,15H,1,3-4,8H2/b7-2+/t13-/m0/s1. The zero-order chi connectivity index (χ0) is 11.4. The average molecular weight is 239 g/mol. The quantitative estimate of drug-likeness (QED) is 0.877. The summed E-state index contributed by atoms with van der Waals surface area (Å²) in [5.74, 6) is 0.787. The highest BCUT2D eigenvalue weighted by Crippen LogP contribution is 2.32. The molecule has 1 aromatic carbocycles. The molecule has 1 aliphatic rings. The summed E-state index contributed by atoms with van der Waals surface area (Å²) in [7, 11) is 0. The number of fused-ring (bicyclic) bond motifs is 1. The Morgan fingerprint density at radius 2 is 2.38 bits per heavy atom. The first-order chi connectivity index (χ1) is 7.81. The van der Waals surface area contributed by atoms with E-state index < -0.39 is 0 Å². The summed E-state index contributed by atoms with van der Waals surface area (Å²) in [6, 6.07) is 5.91. The van der Waals surface area contributed by atoms with Gasteiger partial charge < -0.3 is 9.84 Å². The van der Waals surface area contributed by atoms with E-state index in [1.54, 1.807) is 6.08 Å². The second kappa shape index (κ2) is 5.37. The molecular weight excluding hydrogens is 224 g/mol. The minimum Gasteiger partial charge on any atom is -0.489 e. The number of hydrogen-bond donors (Lipinski definition) is 1.